The van der Waals surface area contributed by atoms with Gasteiger partial charge in [-0.2, -0.15) is 0 Å². The highest BCUT2D eigenvalue weighted by molar-refractivity contribution is 9.10. The van der Waals surface area contributed by atoms with E-state index in [1.807, 2.05) is 0 Å². The highest BCUT2D eigenvalue weighted by Crippen LogP contribution is 2.17. The monoisotopic (exact) mass is 339 g/mol. The van der Waals surface area contributed by atoms with Crippen molar-refractivity contribution in [2.75, 3.05) is 11.9 Å². The van der Waals surface area contributed by atoms with Crippen LogP contribution in [0.4, 0.5) is 15.9 Å². The second-order valence-corrected chi connectivity index (χ2v) is 4.94. The summed E-state index contributed by atoms with van der Waals surface area (Å²) in [5, 5.41) is 13.5. The number of halogens is 2. The van der Waals surface area contributed by atoms with E-state index < -0.39 is 4.92 Å². The van der Waals surface area contributed by atoms with Gasteiger partial charge in [0.1, 0.15) is 17.8 Å². The van der Waals surface area contributed by atoms with Crippen LogP contribution in [0.25, 0.3) is 0 Å². The van der Waals surface area contributed by atoms with E-state index in [4.69, 9.17) is 0 Å². The zero-order valence-electron chi connectivity index (χ0n) is 10.3. The number of hydrogen-bond donors (Lipinski definition) is 1. The maximum absolute atomic E-state index is 13.1. The van der Waals surface area contributed by atoms with Gasteiger partial charge in [0.15, 0.2) is 0 Å². The summed E-state index contributed by atoms with van der Waals surface area (Å²) >= 11 is 3.13. The lowest BCUT2D eigenvalue weighted by Gasteiger charge is -2.06. The van der Waals surface area contributed by atoms with Gasteiger partial charge in [0, 0.05) is 12.6 Å². The lowest BCUT2D eigenvalue weighted by molar-refractivity contribution is -0.385. The number of rotatable bonds is 5. The summed E-state index contributed by atoms with van der Waals surface area (Å²) in [5.74, 6) is 0.274. The van der Waals surface area contributed by atoms with E-state index in [1.54, 1.807) is 18.2 Å². The lowest BCUT2D eigenvalue weighted by atomic mass is 10.1. The number of aromatic nitrogens is 1. The quantitative estimate of drug-likeness (QED) is 0.668. The molecule has 2 aromatic rings. The summed E-state index contributed by atoms with van der Waals surface area (Å²) in [4.78, 5) is 13.9. The van der Waals surface area contributed by atoms with E-state index in [9.17, 15) is 14.5 Å². The molecule has 0 spiro atoms. The first-order valence-corrected chi connectivity index (χ1v) is 6.64. The third-order valence-electron chi connectivity index (χ3n) is 2.66. The van der Waals surface area contributed by atoms with E-state index >= 15 is 0 Å². The van der Waals surface area contributed by atoms with Crippen LogP contribution in [0.3, 0.4) is 0 Å². The molecule has 0 aliphatic rings. The van der Waals surface area contributed by atoms with E-state index in [0.717, 1.165) is 5.56 Å². The van der Waals surface area contributed by atoms with Crippen LogP contribution < -0.4 is 5.32 Å². The van der Waals surface area contributed by atoms with Crippen LogP contribution in [0.15, 0.2) is 41.0 Å². The number of benzene rings is 1. The lowest BCUT2D eigenvalue weighted by Crippen LogP contribution is -2.06. The Hall–Kier alpha value is -2.02. The molecule has 1 N–H and O–H groups in total. The fourth-order valence-electron chi connectivity index (χ4n) is 1.63. The molecule has 0 saturated carbocycles. The maximum atomic E-state index is 13.1. The molecule has 0 bridgehead atoms. The Balaban J connectivity index is 1.89. The zero-order valence-corrected chi connectivity index (χ0v) is 11.9. The molecule has 1 aromatic heterocycles. The molecular weight excluding hydrogens is 329 g/mol. The minimum Gasteiger partial charge on any atom is -0.370 e. The van der Waals surface area contributed by atoms with E-state index in [1.165, 1.54) is 18.3 Å². The largest absolute Gasteiger partial charge is 0.370 e. The molecule has 1 aromatic carbocycles. The number of hydrogen-bond acceptors (Lipinski definition) is 4. The van der Waals surface area contributed by atoms with Crippen LogP contribution in [0.2, 0.25) is 0 Å². The molecule has 1 heterocycles. The molecule has 0 fully saturated rings. The van der Waals surface area contributed by atoms with Gasteiger partial charge in [-0.05, 0) is 46.1 Å². The molecule has 0 aliphatic heterocycles. The molecule has 2 rings (SSSR count). The van der Waals surface area contributed by atoms with E-state index in [-0.39, 0.29) is 11.5 Å². The minimum atomic E-state index is -0.493. The summed E-state index contributed by atoms with van der Waals surface area (Å²) in [5.41, 5.74) is 0.936. The Labute approximate surface area is 123 Å². The first-order chi connectivity index (χ1) is 9.56. The predicted octanol–water partition coefficient (Wildman–Crippen LogP) is 3.55. The molecule has 0 unspecified atom stereocenters. The van der Waals surface area contributed by atoms with Crippen molar-refractivity contribution in [3.8, 4) is 0 Å². The normalized spacial score (nSPS) is 10.3. The van der Waals surface area contributed by atoms with Gasteiger partial charge < -0.3 is 5.32 Å². The van der Waals surface area contributed by atoms with Gasteiger partial charge in [0.25, 0.3) is 5.69 Å². The highest BCUT2D eigenvalue weighted by Gasteiger charge is 2.05. The smallest absolute Gasteiger partial charge is 0.287 e. The van der Waals surface area contributed by atoms with Gasteiger partial charge in [-0.25, -0.2) is 9.37 Å². The Morgan fingerprint density at radius 1 is 1.35 bits per heavy atom. The number of nitro groups is 1. The SMILES string of the molecule is O=[N+]([O-])c1ccc(NCCc2ccc(F)c(Br)c2)nc1. The minimum absolute atomic E-state index is 0.0435. The summed E-state index contributed by atoms with van der Waals surface area (Å²) in [6.07, 6.45) is 1.90. The first-order valence-electron chi connectivity index (χ1n) is 5.84. The van der Waals surface area contributed by atoms with Crippen molar-refractivity contribution in [3.05, 3.63) is 62.5 Å². The Bertz CT molecular complexity index is 620. The van der Waals surface area contributed by atoms with Gasteiger partial charge in [0.05, 0.1) is 9.40 Å². The van der Waals surface area contributed by atoms with Crippen molar-refractivity contribution in [1.29, 1.82) is 0 Å². The fourth-order valence-corrected chi connectivity index (χ4v) is 2.05. The van der Waals surface area contributed by atoms with Gasteiger partial charge in [-0.3, -0.25) is 10.1 Å². The molecule has 7 heteroatoms. The van der Waals surface area contributed by atoms with Crippen molar-refractivity contribution in [2.24, 2.45) is 0 Å². The average molecular weight is 340 g/mol. The van der Waals surface area contributed by atoms with Crippen LogP contribution in [-0.4, -0.2) is 16.5 Å². The van der Waals surface area contributed by atoms with Gasteiger partial charge in [-0.1, -0.05) is 6.07 Å². The number of nitrogens with one attached hydrogen (secondary N) is 1. The molecule has 0 atom stereocenters. The molecule has 104 valence electrons. The summed E-state index contributed by atoms with van der Waals surface area (Å²) in [6, 6.07) is 7.79. The summed E-state index contributed by atoms with van der Waals surface area (Å²) < 4.78 is 13.5. The Kier molecular flexibility index (Phi) is 4.62. The first kappa shape index (κ1) is 14.4. The van der Waals surface area contributed by atoms with Crippen molar-refractivity contribution in [1.82, 2.24) is 4.98 Å². The number of anilines is 1. The molecular formula is C13H11BrFN3O2. The number of nitrogens with zero attached hydrogens (tertiary/aromatic N) is 2. The maximum Gasteiger partial charge on any atom is 0.287 e. The van der Waals surface area contributed by atoms with Crippen LogP contribution in [0, 0.1) is 15.9 Å². The summed E-state index contributed by atoms with van der Waals surface area (Å²) in [7, 11) is 0. The molecule has 0 aliphatic carbocycles. The van der Waals surface area contributed by atoms with Crippen molar-refractivity contribution >= 4 is 27.4 Å². The Morgan fingerprint density at radius 3 is 2.75 bits per heavy atom. The van der Waals surface area contributed by atoms with Crippen LogP contribution in [0.1, 0.15) is 5.56 Å². The van der Waals surface area contributed by atoms with Crippen LogP contribution >= 0.6 is 15.9 Å². The second-order valence-electron chi connectivity index (χ2n) is 4.08. The zero-order chi connectivity index (χ0) is 14.5. The molecule has 0 saturated heterocycles. The Morgan fingerprint density at radius 2 is 2.15 bits per heavy atom. The van der Waals surface area contributed by atoms with E-state index in [2.05, 4.69) is 26.2 Å². The fraction of sp³-hybridized carbons (Fsp3) is 0.154. The van der Waals surface area contributed by atoms with Crippen molar-refractivity contribution in [2.45, 2.75) is 6.42 Å². The van der Waals surface area contributed by atoms with Gasteiger partial charge >= 0.3 is 0 Å². The molecule has 5 nitrogen and oxygen atoms in total. The van der Waals surface area contributed by atoms with E-state index in [0.29, 0.717) is 23.3 Å². The van der Waals surface area contributed by atoms with Crippen molar-refractivity contribution in [3.63, 3.8) is 0 Å². The third kappa shape index (κ3) is 3.74. The van der Waals surface area contributed by atoms with Crippen molar-refractivity contribution < 1.29 is 9.31 Å². The van der Waals surface area contributed by atoms with Crippen LogP contribution in [-0.2, 0) is 6.42 Å². The average Bonchev–Trinajstić information content (AvgIpc) is 2.43. The molecule has 0 amide bonds. The predicted molar refractivity (Wildman–Crippen MR) is 77.2 cm³/mol. The van der Waals surface area contributed by atoms with Gasteiger partial charge in [0.2, 0.25) is 0 Å². The molecule has 20 heavy (non-hydrogen) atoms. The number of pyridine rings is 1. The topological polar surface area (TPSA) is 68.1 Å². The molecule has 0 radical (unpaired) electrons. The summed E-state index contributed by atoms with van der Waals surface area (Å²) in [6.45, 7) is 0.600. The van der Waals surface area contributed by atoms with Crippen LogP contribution in [0.5, 0.6) is 0 Å². The second kappa shape index (κ2) is 6.42. The van der Waals surface area contributed by atoms with Gasteiger partial charge in [-0.15, -0.1) is 0 Å². The standard InChI is InChI=1S/C13H11BrFN3O2/c14-11-7-9(1-3-12(11)15)5-6-16-13-4-2-10(8-17-13)18(19)20/h1-4,7-8H,5-6H2,(H,16,17). The highest BCUT2D eigenvalue weighted by atomic mass is 79.9. The third-order valence-corrected chi connectivity index (χ3v) is 3.27.